The van der Waals surface area contributed by atoms with Gasteiger partial charge in [0.05, 0.1) is 13.2 Å². The summed E-state index contributed by atoms with van der Waals surface area (Å²) >= 11 is 0. The lowest BCUT2D eigenvalue weighted by molar-refractivity contribution is -0.123. The van der Waals surface area contributed by atoms with Crippen molar-refractivity contribution in [3.05, 3.63) is 59.7 Å². The fraction of sp³-hybridized carbons (Fsp3) is 0.440. The number of hydrogen-bond donors (Lipinski definition) is 1. The number of Topliss-reactive ketones (excluding diaryl/α,β-unsaturated/α-hetero) is 1. The maximum atomic E-state index is 12.4. The summed E-state index contributed by atoms with van der Waals surface area (Å²) in [5.74, 6) is 1.33. The molecule has 0 bridgehead atoms. The maximum absolute atomic E-state index is 12.4. The van der Waals surface area contributed by atoms with Crippen molar-refractivity contribution in [1.82, 2.24) is 10.2 Å². The molecule has 3 rings (SSSR count). The molecule has 1 heterocycles. The standard InChI is InChI=1S/C25H32N2O4/c1-3-24(28)20-9-13-22(14-10-20)31-18-25(29)26-17-23(27-15-5-4-6-16-27)19-7-11-21(30-2)12-8-19/h7-14,23H,3-6,15-18H2,1-2H3,(H,26,29). The van der Waals surface area contributed by atoms with Crippen molar-refractivity contribution in [2.45, 2.75) is 38.6 Å². The summed E-state index contributed by atoms with van der Waals surface area (Å²) in [5, 5.41) is 3.03. The van der Waals surface area contributed by atoms with Crippen LogP contribution in [0, 0.1) is 0 Å². The molecule has 31 heavy (non-hydrogen) atoms. The van der Waals surface area contributed by atoms with Crippen molar-refractivity contribution in [3.63, 3.8) is 0 Å². The fourth-order valence-corrected chi connectivity index (χ4v) is 3.87. The summed E-state index contributed by atoms with van der Waals surface area (Å²) in [4.78, 5) is 26.6. The van der Waals surface area contributed by atoms with E-state index >= 15 is 0 Å². The average molecular weight is 425 g/mol. The van der Waals surface area contributed by atoms with E-state index in [2.05, 4.69) is 22.3 Å². The molecule has 2 aromatic carbocycles. The number of nitrogens with zero attached hydrogens (tertiary/aromatic N) is 1. The second-order valence-corrected chi connectivity index (χ2v) is 7.78. The zero-order valence-corrected chi connectivity index (χ0v) is 18.4. The summed E-state index contributed by atoms with van der Waals surface area (Å²) in [6.45, 7) is 4.37. The Kier molecular flexibility index (Phi) is 8.47. The van der Waals surface area contributed by atoms with Crippen LogP contribution in [0.5, 0.6) is 11.5 Å². The molecule has 1 N–H and O–H groups in total. The molecule has 0 radical (unpaired) electrons. The van der Waals surface area contributed by atoms with Gasteiger partial charge in [-0.2, -0.15) is 0 Å². The van der Waals surface area contributed by atoms with E-state index in [-0.39, 0.29) is 24.3 Å². The van der Waals surface area contributed by atoms with E-state index in [1.54, 1.807) is 31.4 Å². The number of hydrogen-bond acceptors (Lipinski definition) is 5. The largest absolute Gasteiger partial charge is 0.497 e. The molecule has 1 aliphatic heterocycles. The third-order valence-electron chi connectivity index (χ3n) is 5.69. The zero-order chi connectivity index (χ0) is 22.1. The van der Waals surface area contributed by atoms with Crippen LogP contribution in [0.4, 0.5) is 0 Å². The average Bonchev–Trinajstić information content (AvgIpc) is 2.83. The molecule has 166 valence electrons. The molecule has 1 saturated heterocycles. The van der Waals surface area contributed by atoms with Crippen molar-refractivity contribution >= 4 is 11.7 Å². The van der Waals surface area contributed by atoms with Crippen LogP contribution in [0.25, 0.3) is 0 Å². The van der Waals surface area contributed by atoms with Gasteiger partial charge in [-0.25, -0.2) is 0 Å². The van der Waals surface area contributed by atoms with Gasteiger partial charge in [-0.05, 0) is 67.9 Å². The number of methoxy groups -OCH3 is 1. The van der Waals surface area contributed by atoms with Crippen molar-refractivity contribution in [3.8, 4) is 11.5 Å². The lowest BCUT2D eigenvalue weighted by Crippen LogP contribution is -2.41. The molecule has 0 spiro atoms. The van der Waals surface area contributed by atoms with Crippen LogP contribution in [0.2, 0.25) is 0 Å². The van der Waals surface area contributed by atoms with Crippen molar-refractivity contribution < 1.29 is 19.1 Å². The number of amides is 1. The van der Waals surface area contributed by atoms with Crippen LogP contribution in [-0.4, -0.2) is 49.9 Å². The molecule has 1 unspecified atom stereocenters. The van der Waals surface area contributed by atoms with Gasteiger partial charge in [-0.1, -0.05) is 25.5 Å². The van der Waals surface area contributed by atoms with Gasteiger partial charge < -0.3 is 14.8 Å². The van der Waals surface area contributed by atoms with E-state index in [4.69, 9.17) is 9.47 Å². The van der Waals surface area contributed by atoms with Gasteiger partial charge in [0.15, 0.2) is 12.4 Å². The number of ketones is 1. The smallest absolute Gasteiger partial charge is 0.258 e. The van der Waals surface area contributed by atoms with E-state index in [0.717, 1.165) is 18.8 Å². The quantitative estimate of drug-likeness (QED) is 0.584. The van der Waals surface area contributed by atoms with Crippen LogP contribution in [0.3, 0.4) is 0 Å². The number of ether oxygens (including phenoxy) is 2. The Morgan fingerprint density at radius 1 is 0.968 bits per heavy atom. The monoisotopic (exact) mass is 424 g/mol. The minimum absolute atomic E-state index is 0.0591. The summed E-state index contributed by atoms with van der Waals surface area (Å²) in [7, 11) is 1.66. The van der Waals surface area contributed by atoms with E-state index in [1.165, 1.54) is 24.8 Å². The first-order chi connectivity index (χ1) is 15.1. The lowest BCUT2D eigenvalue weighted by atomic mass is 10.0. The van der Waals surface area contributed by atoms with Gasteiger partial charge in [0.1, 0.15) is 11.5 Å². The number of nitrogens with one attached hydrogen (secondary N) is 1. The molecular formula is C25H32N2O4. The maximum Gasteiger partial charge on any atom is 0.258 e. The third kappa shape index (κ3) is 6.56. The predicted octanol–water partition coefficient (Wildman–Crippen LogP) is 4.01. The molecular weight excluding hydrogens is 392 g/mol. The Morgan fingerprint density at radius 2 is 1.61 bits per heavy atom. The molecule has 1 atom stereocenters. The summed E-state index contributed by atoms with van der Waals surface area (Å²) in [5.41, 5.74) is 1.82. The van der Waals surface area contributed by atoms with E-state index in [0.29, 0.717) is 24.3 Å². The minimum Gasteiger partial charge on any atom is -0.497 e. The normalized spacial score (nSPS) is 15.2. The van der Waals surface area contributed by atoms with Gasteiger partial charge in [-0.3, -0.25) is 14.5 Å². The van der Waals surface area contributed by atoms with E-state index < -0.39 is 0 Å². The summed E-state index contributed by atoms with van der Waals surface area (Å²) < 4.78 is 10.9. The van der Waals surface area contributed by atoms with Crippen molar-refractivity contribution in [2.24, 2.45) is 0 Å². The van der Waals surface area contributed by atoms with Gasteiger partial charge in [0.25, 0.3) is 5.91 Å². The molecule has 2 aromatic rings. The minimum atomic E-state index is -0.163. The molecule has 0 saturated carbocycles. The number of carbonyl (C=O) groups is 2. The number of carbonyl (C=O) groups excluding carboxylic acids is 2. The first kappa shape index (κ1) is 22.8. The molecule has 0 aromatic heterocycles. The highest BCUT2D eigenvalue weighted by atomic mass is 16.5. The topological polar surface area (TPSA) is 67.9 Å². The Hall–Kier alpha value is -2.86. The van der Waals surface area contributed by atoms with Gasteiger partial charge >= 0.3 is 0 Å². The molecule has 1 aliphatic rings. The van der Waals surface area contributed by atoms with Crippen LogP contribution in [0.1, 0.15) is 54.6 Å². The van der Waals surface area contributed by atoms with Gasteiger partial charge in [0.2, 0.25) is 0 Å². The van der Waals surface area contributed by atoms with Crippen LogP contribution >= 0.6 is 0 Å². The third-order valence-corrected chi connectivity index (χ3v) is 5.69. The second-order valence-electron chi connectivity index (χ2n) is 7.78. The van der Waals surface area contributed by atoms with Gasteiger partial charge in [-0.15, -0.1) is 0 Å². The van der Waals surface area contributed by atoms with Crippen molar-refractivity contribution in [1.29, 1.82) is 0 Å². The Morgan fingerprint density at radius 3 is 2.23 bits per heavy atom. The second kappa shape index (κ2) is 11.5. The predicted molar refractivity (Wildman–Crippen MR) is 121 cm³/mol. The Balaban J connectivity index is 1.55. The zero-order valence-electron chi connectivity index (χ0n) is 18.4. The number of rotatable bonds is 10. The summed E-state index contributed by atoms with van der Waals surface area (Å²) in [6.07, 6.45) is 4.09. The van der Waals surface area contributed by atoms with E-state index in [1.807, 2.05) is 19.1 Å². The van der Waals surface area contributed by atoms with E-state index in [9.17, 15) is 9.59 Å². The molecule has 1 amide bonds. The SMILES string of the molecule is CCC(=O)c1ccc(OCC(=O)NCC(c2ccc(OC)cc2)N2CCCCC2)cc1. The van der Waals surface area contributed by atoms with Crippen LogP contribution < -0.4 is 14.8 Å². The highest BCUT2D eigenvalue weighted by molar-refractivity contribution is 5.95. The van der Waals surface area contributed by atoms with Crippen LogP contribution in [0.15, 0.2) is 48.5 Å². The number of likely N-dealkylation sites (tertiary alicyclic amines) is 1. The van der Waals surface area contributed by atoms with Crippen LogP contribution in [-0.2, 0) is 4.79 Å². The molecule has 1 fully saturated rings. The fourth-order valence-electron chi connectivity index (χ4n) is 3.87. The Labute approximate surface area is 184 Å². The lowest BCUT2D eigenvalue weighted by Gasteiger charge is -2.35. The number of benzene rings is 2. The first-order valence-electron chi connectivity index (χ1n) is 11.0. The highest BCUT2D eigenvalue weighted by Crippen LogP contribution is 2.26. The molecule has 6 heteroatoms. The van der Waals surface area contributed by atoms with Crippen molar-refractivity contribution in [2.75, 3.05) is 33.4 Å². The highest BCUT2D eigenvalue weighted by Gasteiger charge is 2.23. The Bertz CT molecular complexity index is 843. The number of piperidine rings is 1. The summed E-state index contributed by atoms with van der Waals surface area (Å²) in [6, 6.07) is 15.1. The molecule has 0 aliphatic carbocycles. The first-order valence-corrected chi connectivity index (χ1v) is 11.0. The van der Waals surface area contributed by atoms with Gasteiger partial charge in [0, 0.05) is 18.5 Å². The molecule has 6 nitrogen and oxygen atoms in total.